The van der Waals surface area contributed by atoms with Crippen LogP contribution in [0.25, 0.3) is 11.0 Å². The maximum atomic E-state index is 13.3. The molecule has 0 spiro atoms. The molecule has 1 atom stereocenters. The van der Waals surface area contributed by atoms with Gasteiger partial charge in [0.25, 0.3) is 5.91 Å². The number of rotatable bonds is 5. The van der Waals surface area contributed by atoms with Crippen LogP contribution in [0.1, 0.15) is 21.3 Å². The van der Waals surface area contributed by atoms with Crippen LogP contribution in [-0.2, 0) is 0 Å². The average Bonchev–Trinajstić information content (AvgIpc) is 3.26. The Morgan fingerprint density at radius 1 is 0.966 bits per heavy atom. The van der Waals surface area contributed by atoms with Gasteiger partial charge in [0.05, 0.1) is 32.4 Å². The van der Waals surface area contributed by atoms with Crippen molar-refractivity contribution in [3.63, 3.8) is 0 Å². The monoisotopic (exact) mass is 411 g/mol. The molecule has 0 aliphatic carbocycles. The van der Waals surface area contributed by atoms with E-state index in [1.165, 1.54) is 0 Å². The summed E-state index contributed by atoms with van der Waals surface area (Å²) in [6.07, 6.45) is 3.26. The number of nitrogens with zero attached hydrogens (tertiary/aromatic N) is 3. The number of methoxy groups -OCH3 is 3. The fourth-order valence-electron chi connectivity index (χ4n) is 3.44. The minimum atomic E-state index is -0.185. The summed E-state index contributed by atoms with van der Waals surface area (Å²) < 4.78 is 16.4. The second-order valence-electron chi connectivity index (χ2n) is 6.43. The van der Waals surface area contributed by atoms with Gasteiger partial charge in [-0.2, -0.15) is 0 Å². The highest BCUT2D eigenvalue weighted by Crippen LogP contribution is 2.46. The normalized spacial score (nSPS) is 16.1. The van der Waals surface area contributed by atoms with Gasteiger partial charge in [-0.3, -0.25) is 14.8 Å². The highest BCUT2D eigenvalue weighted by atomic mass is 32.2. The van der Waals surface area contributed by atoms with Gasteiger partial charge in [0.15, 0.2) is 11.5 Å². The SMILES string of the molecule is COc1cc(OC)c(C2SCCN2C(=O)c2ccc3nccnc3c2)cc1OC. The average molecular weight is 411 g/mol. The van der Waals surface area contributed by atoms with Crippen LogP contribution in [0.3, 0.4) is 0 Å². The Bertz CT molecular complexity index is 1060. The van der Waals surface area contributed by atoms with Gasteiger partial charge in [-0.1, -0.05) is 0 Å². The second kappa shape index (κ2) is 8.16. The van der Waals surface area contributed by atoms with Crippen molar-refractivity contribution in [3.05, 3.63) is 53.9 Å². The third-order valence-corrected chi connectivity index (χ3v) is 6.11. The molecule has 1 aliphatic rings. The van der Waals surface area contributed by atoms with Crippen molar-refractivity contribution in [2.45, 2.75) is 5.37 Å². The van der Waals surface area contributed by atoms with Crippen molar-refractivity contribution in [1.82, 2.24) is 14.9 Å². The smallest absolute Gasteiger partial charge is 0.255 e. The summed E-state index contributed by atoms with van der Waals surface area (Å²) in [6.45, 7) is 0.643. The van der Waals surface area contributed by atoms with E-state index in [-0.39, 0.29) is 11.3 Å². The lowest BCUT2D eigenvalue weighted by Gasteiger charge is -2.26. The summed E-state index contributed by atoms with van der Waals surface area (Å²) in [5, 5.41) is -0.185. The molecule has 1 amide bonds. The second-order valence-corrected chi connectivity index (χ2v) is 7.62. The largest absolute Gasteiger partial charge is 0.496 e. The van der Waals surface area contributed by atoms with Gasteiger partial charge in [0.2, 0.25) is 0 Å². The molecule has 1 aliphatic heterocycles. The zero-order valence-electron chi connectivity index (χ0n) is 16.4. The topological polar surface area (TPSA) is 73.8 Å². The Balaban J connectivity index is 1.70. The summed E-state index contributed by atoms with van der Waals surface area (Å²) in [6, 6.07) is 9.08. The molecule has 0 bridgehead atoms. The first kappa shape index (κ1) is 19.3. The number of benzene rings is 2. The van der Waals surface area contributed by atoms with Gasteiger partial charge >= 0.3 is 0 Å². The fraction of sp³-hybridized carbons (Fsp3) is 0.286. The van der Waals surface area contributed by atoms with Crippen molar-refractivity contribution >= 4 is 28.7 Å². The molecule has 1 unspecified atom stereocenters. The van der Waals surface area contributed by atoms with Crippen LogP contribution in [0.15, 0.2) is 42.7 Å². The van der Waals surface area contributed by atoms with E-state index in [4.69, 9.17) is 14.2 Å². The van der Waals surface area contributed by atoms with Crippen LogP contribution >= 0.6 is 11.8 Å². The van der Waals surface area contributed by atoms with Crippen LogP contribution in [0.2, 0.25) is 0 Å². The molecule has 150 valence electrons. The molecular weight excluding hydrogens is 390 g/mol. The highest BCUT2D eigenvalue weighted by Gasteiger charge is 2.34. The molecule has 7 nitrogen and oxygen atoms in total. The molecule has 1 aromatic heterocycles. The zero-order valence-corrected chi connectivity index (χ0v) is 17.2. The third-order valence-electron chi connectivity index (χ3n) is 4.87. The van der Waals surface area contributed by atoms with Gasteiger partial charge in [-0.05, 0) is 24.3 Å². The first-order chi connectivity index (χ1) is 14.2. The van der Waals surface area contributed by atoms with Crippen LogP contribution in [0, 0.1) is 0 Å². The first-order valence-corrected chi connectivity index (χ1v) is 10.1. The van der Waals surface area contributed by atoms with Crippen molar-refractivity contribution in [2.75, 3.05) is 33.6 Å². The molecule has 0 radical (unpaired) electrons. The van der Waals surface area contributed by atoms with Crippen LogP contribution < -0.4 is 14.2 Å². The van der Waals surface area contributed by atoms with Gasteiger partial charge < -0.3 is 19.1 Å². The number of aromatic nitrogens is 2. The number of carbonyl (C=O) groups is 1. The summed E-state index contributed by atoms with van der Waals surface area (Å²) in [7, 11) is 4.78. The predicted molar refractivity (Wildman–Crippen MR) is 112 cm³/mol. The van der Waals surface area contributed by atoms with Gasteiger partial charge in [-0.15, -0.1) is 11.8 Å². The predicted octanol–water partition coefficient (Wildman–Crippen LogP) is 3.54. The van der Waals surface area contributed by atoms with E-state index in [1.54, 1.807) is 63.7 Å². The van der Waals surface area contributed by atoms with E-state index in [2.05, 4.69) is 9.97 Å². The van der Waals surface area contributed by atoms with Crippen molar-refractivity contribution in [1.29, 1.82) is 0 Å². The van der Waals surface area contributed by atoms with Gasteiger partial charge in [0.1, 0.15) is 11.1 Å². The summed E-state index contributed by atoms with van der Waals surface area (Å²) in [4.78, 5) is 23.7. The highest BCUT2D eigenvalue weighted by molar-refractivity contribution is 7.99. The molecule has 2 heterocycles. The number of fused-ring (bicyclic) bond motifs is 1. The number of ether oxygens (including phenoxy) is 3. The quantitative estimate of drug-likeness (QED) is 0.636. The minimum absolute atomic E-state index is 0.0515. The molecule has 29 heavy (non-hydrogen) atoms. The molecule has 2 aromatic carbocycles. The Hall–Kier alpha value is -3.00. The van der Waals surface area contributed by atoms with E-state index in [9.17, 15) is 4.79 Å². The molecule has 0 N–H and O–H groups in total. The minimum Gasteiger partial charge on any atom is -0.496 e. The van der Waals surface area contributed by atoms with E-state index in [0.717, 1.165) is 16.8 Å². The third kappa shape index (κ3) is 3.55. The summed E-state index contributed by atoms with van der Waals surface area (Å²) in [5.41, 5.74) is 2.93. The van der Waals surface area contributed by atoms with Gasteiger partial charge in [0, 0.05) is 41.9 Å². The van der Waals surface area contributed by atoms with E-state index in [1.807, 2.05) is 17.0 Å². The fourth-order valence-corrected chi connectivity index (χ4v) is 4.71. The maximum Gasteiger partial charge on any atom is 0.255 e. The van der Waals surface area contributed by atoms with Crippen molar-refractivity contribution in [3.8, 4) is 17.2 Å². The molecule has 4 rings (SSSR count). The van der Waals surface area contributed by atoms with E-state index in [0.29, 0.717) is 34.9 Å². The molecule has 0 saturated carbocycles. The van der Waals surface area contributed by atoms with E-state index >= 15 is 0 Å². The van der Waals surface area contributed by atoms with Crippen LogP contribution in [0.5, 0.6) is 17.2 Å². The molecule has 1 fully saturated rings. The molecule has 1 saturated heterocycles. The molecular formula is C21H21N3O4S. The Labute approximate surface area is 173 Å². The number of hydrogen-bond acceptors (Lipinski definition) is 7. The van der Waals surface area contributed by atoms with Crippen molar-refractivity contribution < 1.29 is 19.0 Å². The maximum absolute atomic E-state index is 13.3. The lowest BCUT2D eigenvalue weighted by molar-refractivity contribution is 0.0759. The molecule has 8 heteroatoms. The molecule has 3 aromatic rings. The number of amides is 1. The zero-order chi connectivity index (χ0) is 20.4. The standard InChI is InChI=1S/C21H21N3O4S/c1-26-17-12-19(28-3)18(27-2)11-14(17)21-24(8-9-29-21)20(25)13-4-5-15-16(10-13)23-7-6-22-15/h4-7,10-12,21H,8-9H2,1-3H3. The lowest BCUT2D eigenvalue weighted by atomic mass is 10.1. The summed E-state index contributed by atoms with van der Waals surface area (Å²) >= 11 is 1.69. The number of carbonyl (C=O) groups excluding carboxylic acids is 1. The van der Waals surface area contributed by atoms with Crippen molar-refractivity contribution in [2.24, 2.45) is 0 Å². The Morgan fingerprint density at radius 2 is 1.66 bits per heavy atom. The summed E-state index contributed by atoms with van der Waals surface area (Å²) in [5.74, 6) is 2.63. The van der Waals surface area contributed by atoms with Gasteiger partial charge in [-0.25, -0.2) is 0 Å². The van der Waals surface area contributed by atoms with E-state index < -0.39 is 0 Å². The van der Waals surface area contributed by atoms with Crippen LogP contribution in [0.4, 0.5) is 0 Å². The van der Waals surface area contributed by atoms with Crippen LogP contribution in [-0.4, -0.2) is 54.4 Å². The Kier molecular flexibility index (Phi) is 5.44. The first-order valence-electron chi connectivity index (χ1n) is 9.09. The number of thioether (sulfide) groups is 1. The Morgan fingerprint density at radius 3 is 2.38 bits per heavy atom. The lowest BCUT2D eigenvalue weighted by Crippen LogP contribution is -2.30. The number of hydrogen-bond donors (Lipinski definition) is 0.